The van der Waals surface area contributed by atoms with E-state index in [2.05, 4.69) is 22.0 Å². The van der Waals surface area contributed by atoms with Crippen LogP contribution in [0.5, 0.6) is 0 Å². The Balaban J connectivity index is 2.17. The van der Waals surface area contributed by atoms with E-state index in [0.29, 0.717) is 0 Å². The summed E-state index contributed by atoms with van der Waals surface area (Å²) in [6, 6.07) is 5.99. The van der Waals surface area contributed by atoms with Gasteiger partial charge in [0, 0.05) is 19.3 Å². The third-order valence-corrected chi connectivity index (χ3v) is 1.79. The average Bonchev–Trinajstić information content (AvgIpc) is 2.58. The first kappa shape index (κ1) is 6.40. The summed E-state index contributed by atoms with van der Waals surface area (Å²) in [6.07, 6.45) is 6.15. The summed E-state index contributed by atoms with van der Waals surface area (Å²) in [4.78, 5) is 6.47. The summed E-state index contributed by atoms with van der Waals surface area (Å²) >= 11 is 0. The molecule has 0 saturated carbocycles. The van der Waals surface area contributed by atoms with E-state index in [9.17, 15) is 0 Å². The van der Waals surface area contributed by atoms with Crippen LogP contribution in [0.4, 0.5) is 5.82 Å². The molecule has 1 aromatic heterocycles. The van der Waals surface area contributed by atoms with Crippen molar-refractivity contribution in [2.24, 2.45) is 0 Å². The molecule has 1 aliphatic heterocycles. The number of rotatable bonds is 1. The maximum absolute atomic E-state index is 4.25. The lowest BCUT2D eigenvalue weighted by atomic mass is 10.4. The van der Waals surface area contributed by atoms with Gasteiger partial charge in [-0.25, -0.2) is 4.98 Å². The van der Waals surface area contributed by atoms with Gasteiger partial charge in [0.05, 0.1) is 0 Å². The highest BCUT2D eigenvalue weighted by molar-refractivity contribution is 5.41. The van der Waals surface area contributed by atoms with Crippen LogP contribution in [0.3, 0.4) is 0 Å². The standard InChI is InChI=1S/C9H10N2/c1-2-6-10-9(5-1)11-7-3-4-8-11/h1-6H,7-8H2. The lowest BCUT2D eigenvalue weighted by Gasteiger charge is -2.15. The van der Waals surface area contributed by atoms with Crippen molar-refractivity contribution >= 4 is 5.82 Å². The van der Waals surface area contributed by atoms with E-state index in [0.717, 1.165) is 18.9 Å². The fourth-order valence-corrected chi connectivity index (χ4v) is 1.21. The smallest absolute Gasteiger partial charge is 0.129 e. The molecule has 0 spiro atoms. The van der Waals surface area contributed by atoms with Crippen molar-refractivity contribution in [3.05, 3.63) is 36.5 Å². The highest BCUT2D eigenvalue weighted by Crippen LogP contribution is 2.11. The van der Waals surface area contributed by atoms with Crippen LogP contribution >= 0.6 is 0 Å². The minimum Gasteiger partial charge on any atom is -0.349 e. The van der Waals surface area contributed by atoms with Gasteiger partial charge >= 0.3 is 0 Å². The van der Waals surface area contributed by atoms with E-state index in [4.69, 9.17) is 0 Å². The fourth-order valence-electron chi connectivity index (χ4n) is 1.21. The zero-order chi connectivity index (χ0) is 7.52. The minimum absolute atomic E-state index is 0.997. The Morgan fingerprint density at radius 1 is 1.18 bits per heavy atom. The molecule has 0 saturated heterocycles. The Bertz CT molecular complexity index is 246. The van der Waals surface area contributed by atoms with Crippen LogP contribution in [0.1, 0.15) is 0 Å². The summed E-state index contributed by atoms with van der Waals surface area (Å²) < 4.78 is 0. The molecule has 2 nitrogen and oxygen atoms in total. The molecule has 0 aliphatic carbocycles. The predicted molar refractivity (Wildman–Crippen MR) is 45.6 cm³/mol. The molecular formula is C9H10N2. The van der Waals surface area contributed by atoms with Crippen molar-refractivity contribution in [1.82, 2.24) is 4.98 Å². The van der Waals surface area contributed by atoms with Crippen molar-refractivity contribution in [1.29, 1.82) is 0 Å². The Morgan fingerprint density at radius 3 is 2.64 bits per heavy atom. The van der Waals surface area contributed by atoms with Crippen molar-refractivity contribution in [2.75, 3.05) is 18.0 Å². The summed E-state index contributed by atoms with van der Waals surface area (Å²) in [5.74, 6) is 1.07. The van der Waals surface area contributed by atoms with Crippen LogP contribution in [-0.4, -0.2) is 18.1 Å². The first-order valence-electron chi connectivity index (χ1n) is 3.78. The summed E-state index contributed by atoms with van der Waals surface area (Å²) in [5.41, 5.74) is 0. The van der Waals surface area contributed by atoms with Gasteiger partial charge in [-0.15, -0.1) is 0 Å². The van der Waals surface area contributed by atoms with E-state index in [1.54, 1.807) is 0 Å². The second-order valence-electron chi connectivity index (χ2n) is 2.56. The fraction of sp³-hybridized carbons (Fsp3) is 0.222. The van der Waals surface area contributed by atoms with Gasteiger partial charge < -0.3 is 4.90 Å². The Hall–Kier alpha value is -1.31. The van der Waals surface area contributed by atoms with Gasteiger partial charge in [-0.05, 0) is 12.1 Å². The monoisotopic (exact) mass is 146 g/mol. The van der Waals surface area contributed by atoms with Gasteiger partial charge in [0.1, 0.15) is 5.82 Å². The molecule has 0 N–H and O–H groups in total. The van der Waals surface area contributed by atoms with Crippen LogP contribution in [0.2, 0.25) is 0 Å². The second kappa shape index (κ2) is 2.74. The molecule has 11 heavy (non-hydrogen) atoms. The van der Waals surface area contributed by atoms with Crippen LogP contribution in [0.15, 0.2) is 36.5 Å². The Morgan fingerprint density at radius 2 is 2.00 bits per heavy atom. The van der Waals surface area contributed by atoms with E-state index in [1.807, 2.05) is 24.4 Å². The summed E-state index contributed by atoms with van der Waals surface area (Å²) in [5, 5.41) is 0. The maximum Gasteiger partial charge on any atom is 0.129 e. The largest absolute Gasteiger partial charge is 0.349 e. The maximum atomic E-state index is 4.25. The van der Waals surface area contributed by atoms with Crippen molar-refractivity contribution in [3.63, 3.8) is 0 Å². The molecule has 0 amide bonds. The molecule has 2 rings (SSSR count). The zero-order valence-electron chi connectivity index (χ0n) is 6.27. The van der Waals surface area contributed by atoms with Gasteiger partial charge in [0.15, 0.2) is 0 Å². The number of pyridine rings is 1. The number of hydrogen-bond donors (Lipinski definition) is 0. The normalized spacial score (nSPS) is 15.8. The van der Waals surface area contributed by atoms with Crippen LogP contribution in [0, 0.1) is 0 Å². The van der Waals surface area contributed by atoms with Crippen molar-refractivity contribution in [2.45, 2.75) is 0 Å². The topological polar surface area (TPSA) is 16.1 Å². The van der Waals surface area contributed by atoms with E-state index >= 15 is 0 Å². The quantitative estimate of drug-likeness (QED) is 0.557. The number of aromatic nitrogens is 1. The molecule has 1 aliphatic rings. The number of anilines is 1. The summed E-state index contributed by atoms with van der Waals surface area (Å²) in [6.45, 7) is 1.99. The third-order valence-electron chi connectivity index (χ3n) is 1.79. The lowest BCUT2D eigenvalue weighted by Crippen LogP contribution is -2.19. The molecule has 1 aromatic rings. The van der Waals surface area contributed by atoms with E-state index in [-0.39, 0.29) is 0 Å². The average molecular weight is 146 g/mol. The Labute approximate surface area is 66.2 Å². The molecule has 0 unspecified atom stereocenters. The van der Waals surface area contributed by atoms with Crippen molar-refractivity contribution in [3.8, 4) is 0 Å². The molecular weight excluding hydrogens is 136 g/mol. The zero-order valence-corrected chi connectivity index (χ0v) is 6.27. The Kier molecular flexibility index (Phi) is 1.60. The van der Waals surface area contributed by atoms with E-state index < -0.39 is 0 Å². The molecule has 0 aromatic carbocycles. The first-order valence-corrected chi connectivity index (χ1v) is 3.78. The molecule has 2 heterocycles. The molecule has 0 radical (unpaired) electrons. The van der Waals surface area contributed by atoms with Gasteiger partial charge in [-0.1, -0.05) is 18.2 Å². The second-order valence-corrected chi connectivity index (χ2v) is 2.56. The lowest BCUT2D eigenvalue weighted by molar-refractivity contribution is 0.969. The first-order chi connectivity index (χ1) is 5.47. The van der Waals surface area contributed by atoms with Gasteiger partial charge in [-0.2, -0.15) is 0 Å². The molecule has 0 fully saturated rings. The van der Waals surface area contributed by atoms with Gasteiger partial charge in [-0.3, -0.25) is 0 Å². The SMILES string of the molecule is C1=CCN(c2ccccn2)C1. The number of nitrogens with zero attached hydrogens (tertiary/aromatic N) is 2. The molecule has 0 atom stereocenters. The predicted octanol–water partition coefficient (Wildman–Crippen LogP) is 1.46. The number of hydrogen-bond acceptors (Lipinski definition) is 2. The molecule has 0 bridgehead atoms. The molecule has 56 valence electrons. The molecule has 2 heteroatoms. The minimum atomic E-state index is 0.997. The van der Waals surface area contributed by atoms with Crippen LogP contribution < -0.4 is 4.90 Å². The van der Waals surface area contributed by atoms with E-state index in [1.165, 1.54) is 0 Å². The van der Waals surface area contributed by atoms with Crippen molar-refractivity contribution < 1.29 is 0 Å². The highest BCUT2D eigenvalue weighted by Gasteiger charge is 2.06. The highest BCUT2D eigenvalue weighted by atomic mass is 15.2. The van der Waals surface area contributed by atoms with Crippen LogP contribution in [-0.2, 0) is 0 Å². The van der Waals surface area contributed by atoms with Gasteiger partial charge in [0.25, 0.3) is 0 Å². The van der Waals surface area contributed by atoms with Gasteiger partial charge in [0.2, 0.25) is 0 Å². The summed E-state index contributed by atoms with van der Waals surface area (Å²) in [7, 11) is 0. The van der Waals surface area contributed by atoms with Crippen LogP contribution in [0.25, 0.3) is 0 Å². The third kappa shape index (κ3) is 1.24.